The molecule has 0 unspecified atom stereocenters. The molecule has 1 heterocycles. The standard InChI is InChI=1S/C29H32FN3O6S/c1-3-40(36,37)33(23-13-14-26-27(18-23)39-16-15-38-26)20-28(34)32(19-22-11-7-8-12-24(22)30)25(29(35)31-2)17-21-9-5-4-6-10-21/h4-14,18,25H,3,15-17,19-20H2,1-2H3,(H,31,35)/t25-/m0/s1. The van der Waals surface area contributed by atoms with Crippen molar-refractivity contribution in [3.05, 3.63) is 89.7 Å². The highest BCUT2D eigenvalue weighted by molar-refractivity contribution is 7.92. The highest BCUT2D eigenvalue weighted by atomic mass is 32.2. The molecule has 1 atom stereocenters. The number of benzene rings is 3. The van der Waals surface area contributed by atoms with Crippen molar-refractivity contribution in [1.82, 2.24) is 10.2 Å². The van der Waals surface area contributed by atoms with Gasteiger partial charge in [-0.3, -0.25) is 13.9 Å². The van der Waals surface area contributed by atoms with Crippen LogP contribution in [0.2, 0.25) is 0 Å². The molecule has 0 fully saturated rings. The maximum Gasteiger partial charge on any atom is 0.244 e. The number of hydrogen-bond acceptors (Lipinski definition) is 6. The number of amides is 2. The molecule has 9 nitrogen and oxygen atoms in total. The maximum atomic E-state index is 14.7. The highest BCUT2D eigenvalue weighted by Crippen LogP contribution is 2.35. The van der Waals surface area contributed by atoms with Crippen molar-refractivity contribution in [3.8, 4) is 11.5 Å². The summed E-state index contributed by atoms with van der Waals surface area (Å²) in [6.07, 6.45) is 0.144. The van der Waals surface area contributed by atoms with Gasteiger partial charge < -0.3 is 19.7 Å². The van der Waals surface area contributed by atoms with Gasteiger partial charge in [-0.1, -0.05) is 48.5 Å². The fraction of sp³-hybridized carbons (Fsp3) is 0.310. The number of sulfonamides is 1. The fourth-order valence-corrected chi connectivity index (χ4v) is 5.49. The van der Waals surface area contributed by atoms with Gasteiger partial charge in [0, 0.05) is 31.6 Å². The van der Waals surface area contributed by atoms with E-state index in [1.54, 1.807) is 12.1 Å². The van der Waals surface area contributed by atoms with E-state index >= 15 is 0 Å². The third-order valence-electron chi connectivity index (χ3n) is 6.61. The minimum Gasteiger partial charge on any atom is -0.486 e. The minimum absolute atomic E-state index is 0.144. The Labute approximate surface area is 233 Å². The first-order valence-electron chi connectivity index (χ1n) is 12.9. The zero-order chi connectivity index (χ0) is 28.7. The second-order valence-corrected chi connectivity index (χ2v) is 11.3. The van der Waals surface area contributed by atoms with Crippen molar-refractivity contribution in [2.24, 2.45) is 0 Å². The number of carbonyl (C=O) groups is 2. The number of rotatable bonds is 11. The molecule has 0 saturated carbocycles. The van der Waals surface area contributed by atoms with Gasteiger partial charge in [0.05, 0.1) is 11.4 Å². The van der Waals surface area contributed by atoms with Crippen molar-refractivity contribution in [2.75, 3.05) is 36.9 Å². The summed E-state index contributed by atoms with van der Waals surface area (Å²) in [4.78, 5) is 28.4. The largest absolute Gasteiger partial charge is 0.486 e. The summed E-state index contributed by atoms with van der Waals surface area (Å²) in [6.45, 7) is 1.31. The molecule has 4 rings (SSSR count). The molecule has 1 aliphatic heterocycles. The quantitative estimate of drug-likeness (QED) is 0.381. The Morgan fingerprint density at radius 2 is 1.65 bits per heavy atom. The number of nitrogens with zero attached hydrogens (tertiary/aromatic N) is 2. The number of fused-ring (bicyclic) bond motifs is 1. The summed E-state index contributed by atoms with van der Waals surface area (Å²) in [7, 11) is -2.49. The number of halogens is 1. The van der Waals surface area contributed by atoms with Crippen LogP contribution in [0.15, 0.2) is 72.8 Å². The molecule has 0 bridgehead atoms. The van der Waals surface area contributed by atoms with Crippen molar-refractivity contribution >= 4 is 27.5 Å². The van der Waals surface area contributed by atoms with Crippen LogP contribution < -0.4 is 19.1 Å². The van der Waals surface area contributed by atoms with Crippen LogP contribution in [0.3, 0.4) is 0 Å². The molecule has 11 heteroatoms. The lowest BCUT2D eigenvalue weighted by molar-refractivity contribution is -0.139. The van der Waals surface area contributed by atoms with Crippen molar-refractivity contribution < 1.29 is 31.9 Å². The van der Waals surface area contributed by atoms with Crippen molar-refractivity contribution in [2.45, 2.75) is 25.9 Å². The second kappa shape index (κ2) is 12.8. The van der Waals surface area contributed by atoms with Crippen LogP contribution in [-0.2, 0) is 32.6 Å². The molecule has 0 aromatic heterocycles. The lowest BCUT2D eigenvalue weighted by atomic mass is 10.0. The summed E-state index contributed by atoms with van der Waals surface area (Å²) >= 11 is 0. The first-order chi connectivity index (χ1) is 19.2. The third-order valence-corrected chi connectivity index (χ3v) is 8.35. The average molecular weight is 570 g/mol. The van der Waals surface area contributed by atoms with E-state index in [9.17, 15) is 22.4 Å². The smallest absolute Gasteiger partial charge is 0.244 e. The Balaban J connectivity index is 1.74. The van der Waals surface area contributed by atoms with Gasteiger partial charge >= 0.3 is 0 Å². The summed E-state index contributed by atoms with van der Waals surface area (Å²) in [5.41, 5.74) is 1.19. The number of ether oxygens (including phenoxy) is 2. The first-order valence-corrected chi connectivity index (χ1v) is 14.5. The van der Waals surface area contributed by atoms with E-state index in [0.717, 1.165) is 9.87 Å². The van der Waals surface area contributed by atoms with Crippen LogP contribution in [0, 0.1) is 5.82 Å². The molecule has 1 aliphatic rings. The molecule has 0 radical (unpaired) electrons. The number of nitrogens with one attached hydrogen (secondary N) is 1. The molecular formula is C29H32FN3O6S. The van der Waals surface area contributed by atoms with E-state index in [2.05, 4.69) is 5.32 Å². The van der Waals surface area contributed by atoms with Crippen LogP contribution >= 0.6 is 0 Å². The Morgan fingerprint density at radius 3 is 2.33 bits per heavy atom. The van der Waals surface area contributed by atoms with Gasteiger partial charge in [-0.05, 0) is 30.7 Å². The van der Waals surface area contributed by atoms with Crippen LogP contribution in [0.5, 0.6) is 11.5 Å². The van der Waals surface area contributed by atoms with Gasteiger partial charge in [0.15, 0.2) is 11.5 Å². The number of anilines is 1. The van der Waals surface area contributed by atoms with Crippen LogP contribution in [0.1, 0.15) is 18.1 Å². The third kappa shape index (κ3) is 6.71. The van der Waals surface area contributed by atoms with E-state index in [0.29, 0.717) is 24.7 Å². The molecule has 2 amide bonds. The van der Waals surface area contributed by atoms with Crippen LogP contribution in [0.4, 0.5) is 10.1 Å². The van der Waals surface area contributed by atoms with E-state index in [4.69, 9.17) is 9.47 Å². The predicted octanol–water partition coefficient (Wildman–Crippen LogP) is 3.14. The average Bonchev–Trinajstić information content (AvgIpc) is 2.98. The lowest BCUT2D eigenvalue weighted by Crippen LogP contribution is -2.53. The van der Waals surface area contributed by atoms with Crippen molar-refractivity contribution in [1.29, 1.82) is 0 Å². The molecule has 1 N–H and O–H groups in total. The SMILES string of the molecule is CCS(=O)(=O)N(CC(=O)N(Cc1ccccc1F)[C@@H](Cc1ccccc1)C(=O)NC)c1ccc2c(c1)OCCO2. The Morgan fingerprint density at radius 1 is 0.975 bits per heavy atom. The van der Waals surface area contributed by atoms with Crippen molar-refractivity contribution in [3.63, 3.8) is 0 Å². The normalized spacial score (nSPS) is 13.3. The van der Waals surface area contributed by atoms with Gasteiger partial charge in [0.25, 0.3) is 0 Å². The Kier molecular flexibility index (Phi) is 9.26. The van der Waals surface area contributed by atoms with Gasteiger partial charge in [0.1, 0.15) is 31.6 Å². The highest BCUT2D eigenvalue weighted by Gasteiger charge is 2.34. The Hall–Kier alpha value is -4.12. The predicted molar refractivity (Wildman–Crippen MR) is 149 cm³/mol. The zero-order valence-electron chi connectivity index (χ0n) is 22.4. The Bertz CT molecular complexity index is 1450. The van der Waals surface area contributed by atoms with Gasteiger partial charge in [-0.15, -0.1) is 0 Å². The topological polar surface area (TPSA) is 105 Å². The van der Waals surface area contributed by atoms with Gasteiger partial charge in [-0.2, -0.15) is 0 Å². The molecule has 40 heavy (non-hydrogen) atoms. The first kappa shape index (κ1) is 28.9. The summed E-state index contributed by atoms with van der Waals surface area (Å²) < 4.78 is 53.4. The summed E-state index contributed by atoms with van der Waals surface area (Å²) in [5.74, 6) is -1.11. The number of hydrogen-bond donors (Lipinski definition) is 1. The van der Waals surface area contributed by atoms with E-state index in [1.807, 2.05) is 30.3 Å². The van der Waals surface area contributed by atoms with E-state index in [1.165, 1.54) is 49.2 Å². The van der Waals surface area contributed by atoms with Gasteiger partial charge in [0.2, 0.25) is 21.8 Å². The molecule has 0 aliphatic carbocycles. The zero-order valence-corrected chi connectivity index (χ0v) is 23.2. The second-order valence-electron chi connectivity index (χ2n) is 9.17. The molecule has 0 spiro atoms. The molecular weight excluding hydrogens is 537 g/mol. The number of likely N-dealkylation sites (N-methyl/N-ethyl adjacent to an activating group) is 1. The minimum atomic E-state index is -3.95. The van der Waals surface area contributed by atoms with E-state index < -0.39 is 40.2 Å². The molecule has 212 valence electrons. The maximum absolute atomic E-state index is 14.7. The summed E-state index contributed by atoms with van der Waals surface area (Å²) in [6, 6.07) is 18.7. The van der Waals surface area contributed by atoms with E-state index in [-0.39, 0.29) is 30.0 Å². The monoisotopic (exact) mass is 569 g/mol. The van der Waals surface area contributed by atoms with Gasteiger partial charge in [-0.25, -0.2) is 12.8 Å². The van der Waals surface area contributed by atoms with Crippen LogP contribution in [-0.4, -0.2) is 63.7 Å². The van der Waals surface area contributed by atoms with Crippen LogP contribution in [0.25, 0.3) is 0 Å². The molecule has 3 aromatic carbocycles. The number of carbonyl (C=O) groups excluding carboxylic acids is 2. The summed E-state index contributed by atoms with van der Waals surface area (Å²) in [5, 5.41) is 2.59. The fourth-order valence-electron chi connectivity index (χ4n) is 4.44. The lowest BCUT2D eigenvalue weighted by Gasteiger charge is -2.33. The molecule has 0 saturated heterocycles. The molecule has 3 aromatic rings.